The highest BCUT2D eigenvalue weighted by Gasteiger charge is 2.11. The molecule has 0 saturated carbocycles. The lowest BCUT2D eigenvalue weighted by molar-refractivity contribution is -0.118. The molecule has 1 aromatic heterocycles. The highest BCUT2D eigenvalue weighted by atomic mass is 35.5. The van der Waals surface area contributed by atoms with Crippen LogP contribution < -0.4 is 20.3 Å². The van der Waals surface area contributed by atoms with E-state index in [1.54, 1.807) is 56.2 Å². The number of pyridine rings is 1. The second-order valence-electron chi connectivity index (χ2n) is 6.31. The number of aryl methyl sites for hydroxylation is 1. The summed E-state index contributed by atoms with van der Waals surface area (Å²) in [4.78, 5) is 25.3. The topological polar surface area (TPSA) is 69.6 Å². The fourth-order valence-electron chi connectivity index (χ4n) is 2.93. The summed E-state index contributed by atoms with van der Waals surface area (Å²) in [6, 6.07) is 12.3. The van der Waals surface area contributed by atoms with E-state index in [1.807, 2.05) is 6.07 Å². The van der Waals surface area contributed by atoms with E-state index in [2.05, 4.69) is 5.32 Å². The number of ether oxygens (including phenoxy) is 2. The molecule has 1 heterocycles. The van der Waals surface area contributed by atoms with Gasteiger partial charge in [0.25, 0.3) is 5.56 Å². The van der Waals surface area contributed by atoms with Gasteiger partial charge in [0.2, 0.25) is 5.91 Å². The number of aromatic nitrogens is 1. The average molecular weight is 433 g/mol. The largest absolute Gasteiger partial charge is 0.497 e. The number of fused-ring (bicyclic) bond motifs is 1. The molecule has 1 amide bonds. The van der Waals surface area contributed by atoms with Gasteiger partial charge in [0.1, 0.15) is 11.5 Å². The molecule has 6 nitrogen and oxygen atoms in total. The Hall–Kier alpha value is -2.64. The number of thioether (sulfide) groups is 1. The summed E-state index contributed by atoms with van der Waals surface area (Å²) in [6.07, 6.45) is 0. The molecule has 29 heavy (non-hydrogen) atoms. The summed E-state index contributed by atoms with van der Waals surface area (Å²) in [5, 5.41) is 4.29. The number of hydrogen-bond donors (Lipinski definition) is 1. The molecule has 152 valence electrons. The maximum absolute atomic E-state index is 12.4. The lowest BCUT2D eigenvalue weighted by Gasteiger charge is -2.12. The standard InChI is InChI=1S/C21H21ClN2O4S/c1-24-17-6-4-14(22)9-16(17)19(10-21(24)26)29-12-20(25)23-11-13-8-15(27-2)5-7-18(13)28-3/h4-10H,11-12H2,1-3H3,(H,23,25). The van der Waals surface area contributed by atoms with Gasteiger partial charge in [0.15, 0.2) is 0 Å². The number of amides is 1. The van der Waals surface area contributed by atoms with Crippen LogP contribution in [0.3, 0.4) is 0 Å². The maximum atomic E-state index is 12.4. The zero-order valence-corrected chi connectivity index (χ0v) is 17.9. The molecule has 0 aliphatic carbocycles. The van der Waals surface area contributed by atoms with Gasteiger partial charge in [0, 0.05) is 40.5 Å². The van der Waals surface area contributed by atoms with E-state index in [1.165, 1.54) is 17.8 Å². The zero-order valence-electron chi connectivity index (χ0n) is 16.3. The Balaban J connectivity index is 1.71. The van der Waals surface area contributed by atoms with Crippen LogP contribution in [0.1, 0.15) is 5.56 Å². The van der Waals surface area contributed by atoms with Gasteiger partial charge < -0.3 is 19.4 Å². The minimum absolute atomic E-state index is 0.135. The number of hydrogen-bond acceptors (Lipinski definition) is 5. The van der Waals surface area contributed by atoms with Crippen molar-refractivity contribution in [3.8, 4) is 11.5 Å². The van der Waals surface area contributed by atoms with E-state index in [-0.39, 0.29) is 17.2 Å². The molecule has 0 bridgehead atoms. The third-order valence-electron chi connectivity index (χ3n) is 4.49. The molecule has 3 rings (SSSR count). The van der Waals surface area contributed by atoms with Crippen molar-refractivity contribution in [3.63, 3.8) is 0 Å². The predicted octanol–water partition coefficient (Wildman–Crippen LogP) is 3.62. The van der Waals surface area contributed by atoms with Crippen LogP contribution in [-0.4, -0.2) is 30.4 Å². The Bertz CT molecular complexity index is 1110. The van der Waals surface area contributed by atoms with Gasteiger partial charge >= 0.3 is 0 Å². The van der Waals surface area contributed by atoms with Crippen LogP contribution in [0.25, 0.3) is 10.9 Å². The summed E-state index contributed by atoms with van der Waals surface area (Å²) in [6.45, 7) is 0.308. The van der Waals surface area contributed by atoms with Gasteiger partial charge in [-0.25, -0.2) is 0 Å². The fourth-order valence-corrected chi connectivity index (χ4v) is 4.00. The van der Waals surface area contributed by atoms with E-state index in [0.29, 0.717) is 23.1 Å². The van der Waals surface area contributed by atoms with Crippen LogP contribution >= 0.6 is 23.4 Å². The van der Waals surface area contributed by atoms with Crippen molar-refractivity contribution in [2.75, 3.05) is 20.0 Å². The molecule has 0 aliphatic heterocycles. The molecule has 1 N–H and O–H groups in total. The molecule has 0 fully saturated rings. The highest BCUT2D eigenvalue weighted by Crippen LogP contribution is 2.28. The van der Waals surface area contributed by atoms with Crippen molar-refractivity contribution in [1.29, 1.82) is 0 Å². The molecular weight excluding hydrogens is 412 g/mol. The normalized spacial score (nSPS) is 10.8. The third kappa shape index (κ3) is 4.86. The van der Waals surface area contributed by atoms with E-state index >= 15 is 0 Å². The number of halogens is 1. The first-order chi connectivity index (χ1) is 13.9. The Kier molecular flexibility index (Phi) is 6.71. The van der Waals surface area contributed by atoms with E-state index in [0.717, 1.165) is 21.4 Å². The van der Waals surface area contributed by atoms with Crippen molar-refractivity contribution < 1.29 is 14.3 Å². The minimum atomic E-state index is -0.157. The van der Waals surface area contributed by atoms with Crippen LogP contribution in [0.2, 0.25) is 5.02 Å². The monoisotopic (exact) mass is 432 g/mol. The number of nitrogens with zero attached hydrogens (tertiary/aromatic N) is 1. The lowest BCUT2D eigenvalue weighted by atomic mass is 10.2. The molecule has 0 radical (unpaired) electrons. The second-order valence-corrected chi connectivity index (χ2v) is 7.76. The predicted molar refractivity (Wildman–Crippen MR) is 116 cm³/mol. The van der Waals surface area contributed by atoms with Crippen LogP contribution in [0, 0.1) is 0 Å². The Labute approximate surface area is 177 Å². The van der Waals surface area contributed by atoms with Crippen LogP contribution in [0.5, 0.6) is 11.5 Å². The molecule has 8 heteroatoms. The lowest BCUT2D eigenvalue weighted by Crippen LogP contribution is -2.25. The van der Waals surface area contributed by atoms with Crippen molar-refractivity contribution in [1.82, 2.24) is 9.88 Å². The van der Waals surface area contributed by atoms with E-state index in [4.69, 9.17) is 21.1 Å². The summed E-state index contributed by atoms with van der Waals surface area (Å²) in [7, 11) is 4.87. The molecular formula is C21H21ClN2O4S. The van der Waals surface area contributed by atoms with Crippen LogP contribution in [0.4, 0.5) is 0 Å². The third-order valence-corrected chi connectivity index (χ3v) is 5.78. The van der Waals surface area contributed by atoms with Crippen LogP contribution in [-0.2, 0) is 18.4 Å². The Morgan fingerprint density at radius 2 is 1.93 bits per heavy atom. The molecule has 3 aromatic rings. The van der Waals surface area contributed by atoms with Crippen molar-refractivity contribution in [2.24, 2.45) is 7.05 Å². The SMILES string of the molecule is COc1ccc(OC)c(CNC(=O)CSc2cc(=O)n(C)c3ccc(Cl)cc23)c1. The van der Waals surface area contributed by atoms with Gasteiger partial charge in [0.05, 0.1) is 25.5 Å². The first-order valence-corrected chi connectivity index (χ1v) is 10.2. The number of carbonyl (C=O) groups is 1. The van der Waals surface area contributed by atoms with Crippen LogP contribution in [0.15, 0.2) is 52.2 Å². The van der Waals surface area contributed by atoms with Crippen molar-refractivity contribution in [2.45, 2.75) is 11.4 Å². The Morgan fingerprint density at radius 3 is 2.66 bits per heavy atom. The molecule has 0 spiro atoms. The smallest absolute Gasteiger partial charge is 0.251 e. The van der Waals surface area contributed by atoms with Gasteiger partial charge in [-0.3, -0.25) is 9.59 Å². The number of benzene rings is 2. The molecule has 0 saturated heterocycles. The van der Waals surface area contributed by atoms with Crippen molar-refractivity contribution in [3.05, 3.63) is 63.4 Å². The molecule has 0 unspecified atom stereocenters. The first kappa shape index (κ1) is 21.1. The molecule has 0 atom stereocenters. The second kappa shape index (κ2) is 9.24. The quantitative estimate of drug-likeness (QED) is 0.577. The number of methoxy groups -OCH3 is 2. The maximum Gasteiger partial charge on any atom is 0.251 e. The van der Waals surface area contributed by atoms with Gasteiger partial charge in [-0.05, 0) is 36.4 Å². The zero-order chi connectivity index (χ0) is 21.0. The summed E-state index contributed by atoms with van der Waals surface area (Å²) in [5.74, 6) is 1.37. The number of nitrogens with one attached hydrogen (secondary N) is 1. The van der Waals surface area contributed by atoms with E-state index < -0.39 is 0 Å². The van der Waals surface area contributed by atoms with Gasteiger partial charge in [-0.1, -0.05) is 11.6 Å². The average Bonchev–Trinajstić information content (AvgIpc) is 2.73. The Morgan fingerprint density at radius 1 is 1.14 bits per heavy atom. The molecule has 0 aliphatic rings. The number of carbonyl (C=O) groups excluding carboxylic acids is 1. The first-order valence-electron chi connectivity index (χ1n) is 8.82. The molecule has 2 aromatic carbocycles. The number of rotatable bonds is 7. The minimum Gasteiger partial charge on any atom is -0.497 e. The highest BCUT2D eigenvalue weighted by molar-refractivity contribution is 8.00. The van der Waals surface area contributed by atoms with Gasteiger partial charge in [-0.15, -0.1) is 11.8 Å². The summed E-state index contributed by atoms with van der Waals surface area (Å²) >= 11 is 7.42. The van der Waals surface area contributed by atoms with E-state index in [9.17, 15) is 9.59 Å². The summed E-state index contributed by atoms with van der Waals surface area (Å²) in [5.41, 5.74) is 1.45. The fraction of sp³-hybridized carbons (Fsp3) is 0.238. The van der Waals surface area contributed by atoms with Gasteiger partial charge in [-0.2, -0.15) is 0 Å². The van der Waals surface area contributed by atoms with Crippen molar-refractivity contribution >= 4 is 40.2 Å². The summed E-state index contributed by atoms with van der Waals surface area (Å²) < 4.78 is 12.1.